The lowest BCUT2D eigenvalue weighted by atomic mass is 9.91. The van der Waals surface area contributed by atoms with E-state index in [2.05, 4.69) is 12.1 Å². The molecule has 180 valence electrons. The zero-order chi connectivity index (χ0) is 28.1. The highest BCUT2D eigenvalue weighted by Gasteiger charge is 2.14. The number of aromatic hydroxyl groups is 4. The Kier molecular flexibility index (Phi) is 5.40. The second-order valence-corrected chi connectivity index (χ2v) is 9.51. The zero-order valence-electron chi connectivity index (χ0n) is 24.5. The molecule has 4 nitrogen and oxygen atoms in total. The third-order valence-electron chi connectivity index (χ3n) is 6.66. The summed E-state index contributed by atoms with van der Waals surface area (Å²) in [5, 5.41) is 19.7. The Morgan fingerprint density at radius 3 is 1.31 bits per heavy atom. The summed E-state index contributed by atoms with van der Waals surface area (Å²) in [5.74, 6) is 1.91. The molecule has 0 aromatic heterocycles. The zero-order valence-corrected chi connectivity index (χ0v) is 20.5. The van der Waals surface area contributed by atoms with E-state index in [9.17, 15) is 0 Å². The fraction of sp³-hybridized carbons (Fsp3) is 0.226. The molecule has 4 heteroatoms. The van der Waals surface area contributed by atoms with Crippen LogP contribution in [0.15, 0.2) is 60.7 Å². The number of phenolic OH excluding ortho intramolecular Hbond substituents is 4. The second kappa shape index (κ2) is 9.75. The Balaban J connectivity index is 1.72. The Labute approximate surface area is 212 Å². The lowest BCUT2D eigenvalue weighted by molar-refractivity contribution is 0.465. The molecule has 0 fully saturated rings. The van der Waals surface area contributed by atoms with Gasteiger partial charge in [0.05, 0.1) is 0 Å². The predicted octanol–water partition coefficient (Wildman–Crippen LogP) is 6.52. The van der Waals surface area contributed by atoms with Crippen molar-refractivity contribution in [1.82, 2.24) is 0 Å². The van der Waals surface area contributed by atoms with Crippen molar-refractivity contribution in [3.05, 3.63) is 116 Å². The molecule has 0 unspecified atom stereocenters. The number of aryl methyl sites for hydroxylation is 2. The van der Waals surface area contributed by atoms with Crippen LogP contribution < -0.4 is 0 Å². The van der Waals surface area contributed by atoms with Gasteiger partial charge < -0.3 is 20.4 Å². The summed E-state index contributed by atoms with van der Waals surface area (Å²) >= 11 is 0. The highest BCUT2D eigenvalue weighted by atomic mass is 16.3. The fourth-order valence-electron chi connectivity index (χ4n) is 4.53. The minimum Gasteiger partial charge on any atom is -0.508 e. The molecular weight excluding hydrogens is 436 g/mol. The molecule has 0 saturated heterocycles. The van der Waals surface area contributed by atoms with Crippen molar-refractivity contribution in [3.63, 3.8) is 0 Å². The normalized spacial score (nSPS) is 12.2. The smallest absolute Gasteiger partial charge is 0.293 e. The van der Waals surface area contributed by atoms with E-state index in [1.54, 1.807) is 12.1 Å². The van der Waals surface area contributed by atoms with Crippen molar-refractivity contribution in [2.24, 2.45) is 0 Å². The standard InChI is InChI=1S/C31H32O4/c1-18-5-7-28(32)26(9-18)16-24-12-22(14-30(34)20(24)3)11-23-13-25(21(4)31(35)15-23)17-27-10-19(2)6-8-29(27)33/h5-10,12-15,32-35H,11,16-17H2,1-4H3/i/hD4. The van der Waals surface area contributed by atoms with Crippen LogP contribution in [0.3, 0.4) is 0 Å². The lowest BCUT2D eigenvalue weighted by Crippen LogP contribution is -1.99. The summed E-state index contributed by atoms with van der Waals surface area (Å²) in [7, 11) is 0. The van der Waals surface area contributed by atoms with Crippen molar-refractivity contribution < 1.29 is 20.4 Å². The quantitative estimate of drug-likeness (QED) is 0.212. The number of hydrogen-bond donors (Lipinski definition) is 4. The van der Waals surface area contributed by atoms with Gasteiger partial charge in [0.1, 0.15) is 23.0 Å². The highest BCUT2D eigenvalue weighted by molar-refractivity contribution is 5.50. The lowest BCUT2D eigenvalue weighted by Gasteiger charge is -2.15. The molecule has 0 spiro atoms. The van der Waals surface area contributed by atoms with Crippen LogP contribution >= 0.6 is 0 Å². The number of hydrogen-bond acceptors (Lipinski definition) is 4. The molecule has 4 aromatic carbocycles. The molecule has 35 heavy (non-hydrogen) atoms. The summed E-state index contributed by atoms with van der Waals surface area (Å²) in [6, 6.07) is 19.3. The van der Waals surface area contributed by atoms with Crippen LogP contribution in [0.5, 0.6) is 23.0 Å². The molecule has 0 aliphatic heterocycles. The minimum atomic E-state index is 0.463. The van der Waals surface area contributed by atoms with Crippen LogP contribution in [0.2, 0.25) is 0 Å². The summed E-state index contributed by atoms with van der Waals surface area (Å²) in [6.45, 7) is 7.83. The maximum atomic E-state index is 7.63. The summed E-state index contributed by atoms with van der Waals surface area (Å²) in [6.07, 6.45) is 1.57. The first-order chi connectivity index (χ1) is 18.8. The largest absolute Gasteiger partial charge is 0.508 e. The fourth-order valence-corrected chi connectivity index (χ4v) is 4.53. The molecule has 0 aliphatic carbocycles. The molecule has 0 radical (unpaired) electrons. The molecule has 0 aliphatic rings. The van der Waals surface area contributed by atoms with Gasteiger partial charge in [-0.3, -0.25) is 0 Å². The van der Waals surface area contributed by atoms with E-state index in [0.29, 0.717) is 42.3 Å². The number of phenols is 4. The van der Waals surface area contributed by atoms with Gasteiger partial charge >= 0.3 is 0 Å². The van der Waals surface area contributed by atoms with E-state index < -0.39 is 0 Å². The Morgan fingerprint density at radius 2 is 0.914 bits per heavy atom. The van der Waals surface area contributed by atoms with Gasteiger partial charge in [0.25, 0.3) is 5.72 Å². The van der Waals surface area contributed by atoms with Crippen molar-refractivity contribution >= 4 is 0 Å². The van der Waals surface area contributed by atoms with E-state index in [0.717, 1.165) is 55.6 Å². The maximum Gasteiger partial charge on any atom is 0.293 e. The van der Waals surface area contributed by atoms with Crippen LogP contribution in [0.4, 0.5) is 0 Å². The molecule has 0 saturated carbocycles. The first-order valence-electron chi connectivity index (χ1n) is 13.4. The monoisotopic (exact) mass is 472 g/mol. The van der Waals surface area contributed by atoms with E-state index in [1.165, 1.54) is 0 Å². The minimum absolute atomic E-state index is 0.463. The molecule has 0 heterocycles. The van der Waals surface area contributed by atoms with E-state index in [-0.39, 0.29) is 0 Å². The Morgan fingerprint density at radius 1 is 0.486 bits per heavy atom. The third kappa shape index (κ3) is 5.43. The Hall–Kier alpha value is -3.92. The topological polar surface area (TPSA) is 80.9 Å². The summed E-state index contributed by atoms with van der Waals surface area (Å²) in [4.78, 5) is 0. The molecule has 4 N–H and O–H groups in total. The van der Waals surface area contributed by atoms with Crippen LogP contribution in [0, 0.1) is 27.7 Å². The molecule has 0 bridgehead atoms. The predicted molar refractivity (Wildman–Crippen MR) is 140 cm³/mol. The average molecular weight is 473 g/mol. The number of benzene rings is 4. The van der Waals surface area contributed by atoms with Gasteiger partial charge in [-0.15, -0.1) is 0 Å². The van der Waals surface area contributed by atoms with Crippen LogP contribution in [0.25, 0.3) is 0 Å². The van der Waals surface area contributed by atoms with E-state index in [1.807, 2.05) is 64.1 Å². The van der Waals surface area contributed by atoms with Crippen LogP contribution in [-0.4, -0.2) is 26.2 Å². The van der Waals surface area contributed by atoms with Crippen molar-refractivity contribution in [3.8, 4) is 23.0 Å². The SMILES string of the molecule is [2H]Oc1ccc(C)cc1Cc1cc(Cc2cc(Cc3cc(C)ccc3O[2H])c(C)c(O[2H])c2)cc(O[2H])c1C. The van der Waals surface area contributed by atoms with Gasteiger partial charge in [0.2, 0.25) is 0 Å². The molecule has 4 aromatic rings. The van der Waals surface area contributed by atoms with Gasteiger partial charge in [-0.1, -0.05) is 47.5 Å². The van der Waals surface area contributed by atoms with Crippen LogP contribution in [-0.2, 0) is 19.3 Å². The molecule has 0 amide bonds. The summed E-state index contributed by atoms with van der Waals surface area (Å²) < 4.78 is 30.1. The molecule has 0 atom stereocenters. The van der Waals surface area contributed by atoms with Crippen molar-refractivity contribution in [1.29, 1.82) is 5.72 Å². The first kappa shape index (κ1) is 19.4. The van der Waals surface area contributed by atoms with E-state index >= 15 is 0 Å². The average Bonchev–Trinajstić information content (AvgIpc) is 2.92. The van der Waals surface area contributed by atoms with E-state index in [4.69, 9.17) is 26.2 Å². The van der Waals surface area contributed by atoms with Gasteiger partial charge in [-0.25, -0.2) is 0 Å². The third-order valence-corrected chi connectivity index (χ3v) is 6.66. The second-order valence-electron chi connectivity index (χ2n) is 9.51. The van der Waals surface area contributed by atoms with Gasteiger partial charge in [0, 0.05) is 12.8 Å². The first-order valence-corrected chi connectivity index (χ1v) is 11.7. The Bertz CT molecular complexity index is 1380. The van der Waals surface area contributed by atoms with Crippen molar-refractivity contribution in [2.45, 2.75) is 47.0 Å². The highest BCUT2D eigenvalue weighted by Crippen LogP contribution is 2.32. The van der Waals surface area contributed by atoms with Crippen molar-refractivity contribution in [2.75, 3.05) is 0 Å². The van der Waals surface area contributed by atoms with Crippen LogP contribution in [0.1, 0.15) is 55.6 Å². The summed E-state index contributed by atoms with van der Waals surface area (Å²) in [5.41, 5.74) is 9.44. The molecule has 4 rings (SSSR count). The maximum absolute atomic E-state index is 7.63. The molecular formula is C31H32O4. The van der Waals surface area contributed by atoms with Gasteiger partial charge in [-0.05, 0) is 103 Å². The van der Waals surface area contributed by atoms with Gasteiger partial charge in [-0.2, -0.15) is 0 Å². The number of rotatable bonds is 10. The van der Waals surface area contributed by atoms with Gasteiger partial charge in [0.15, 0.2) is 0 Å².